The maximum Gasteiger partial charge on any atom is 0.333 e. The van der Waals surface area contributed by atoms with E-state index >= 15 is 0 Å². The first-order valence-electron chi connectivity index (χ1n) is 7.71. The Morgan fingerprint density at radius 2 is 2.08 bits per heavy atom. The van der Waals surface area contributed by atoms with E-state index in [1.54, 1.807) is 22.4 Å². The zero-order chi connectivity index (χ0) is 17.0. The molecule has 3 heterocycles. The van der Waals surface area contributed by atoms with Crippen molar-refractivity contribution in [2.24, 2.45) is 7.05 Å². The number of hydrogen-bond donors (Lipinski definition) is 0. The van der Waals surface area contributed by atoms with Crippen molar-refractivity contribution in [1.82, 2.24) is 23.9 Å². The van der Waals surface area contributed by atoms with Crippen molar-refractivity contribution in [3.8, 4) is 5.69 Å². The Bertz CT molecular complexity index is 1150. The molecule has 0 aliphatic heterocycles. The zero-order valence-corrected chi connectivity index (χ0v) is 15.2. The van der Waals surface area contributed by atoms with Gasteiger partial charge in [-0.25, -0.2) is 4.79 Å². The minimum absolute atomic E-state index is 0.0990. The average Bonchev–Trinajstić information content (AvgIpc) is 3.06. The summed E-state index contributed by atoms with van der Waals surface area (Å²) in [5.74, 6) is 0. The van der Waals surface area contributed by atoms with Crippen LogP contribution in [0.15, 0.2) is 39.9 Å². The SMILES string of the molecule is CCn1cc(-n2c(=O)n(C)c3cnc4ccc(Br)cc4c32)c(C)n1. The predicted octanol–water partition coefficient (Wildman–Crippen LogP) is 3.16. The lowest BCUT2D eigenvalue weighted by molar-refractivity contribution is 0.653. The molecule has 6 nitrogen and oxygen atoms in total. The fourth-order valence-corrected chi connectivity index (χ4v) is 3.44. The standard InChI is InChI=1S/C17H16BrN5O/c1-4-22-9-15(10(2)20-22)23-16-12-7-11(18)5-6-13(12)19-8-14(16)21(3)17(23)24/h5-9H,4H2,1-3H3. The smallest absolute Gasteiger partial charge is 0.293 e. The molecule has 0 saturated heterocycles. The van der Waals surface area contributed by atoms with Crippen LogP contribution in [-0.4, -0.2) is 23.9 Å². The Morgan fingerprint density at radius 1 is 1.29 bits per heavy atom. The highest BCUT2D eigenvalue weighted by molar-refractivity contribution is 9.10. The van der Waals surface area contributed by atoms with Crippen LogP contribution in [0.5, 0.6) is 0 Å². The second kappa shape index (κ2) is 5.31. The van der Waals surface area contributed by atoms with E-state index in [4.69, 9.17) is 0 Å². The molecule has 0 aliphatic rings. The molecule has 0 aliphatic carbocycles. The summed E-state index contributed by atoms with van der Waals surface area (Å²) >= 11 is 3.52. The Labute approximate surface area is 146 Å². The Kier molecular flexibility index (Phi) is 3.35. The lowest BCUT2D eigenvalue weighted by Gasteiger charge is -2.05. The second-order valence-electron chi connectivity index (χ2n) is 5.79. The fourth-order valence-electron chi connectivity index (χ4n) is 3.08. The van der Waals surface area contributed by atoms with Gasteiger partial charge in [0.2, 0.25) is 0 Å². The van der Waals surface area contributed by atoms with E-state index in [0.29, 0.717) is 0 Å². The van der Waals surface area contributed by atoms with Gasteiger partial charge in [0, 0.05) is 29.6 Å². The van der Waals surface area contributed by atoms with Gasteiger partial charge < -0.3 is 0 Å². The second-order valence-corrected chi connectivity index (χ2v) is 6.70. The summed E-state index contributed by atoms with van der Waals surface area (Å²) in [7, 11) is 1.77. The van der Waals surface area contributed by atoms with Crippen molar-refractivity contribution >= 4 is 37.9 Å². The van der Waals surface area contributed by atoms with Gasteiger partial charge in [-0.15, -0.1) is 0 Å². The minimum atomic E-state index is -0.0990. The summed E-state index contributed by atoms with van der Waals surface area (Å²) in [4.78, 5) is 17.4. The molecule has 0 amide bonds. The van der Waals surface area contributed by atoms with E-state index in [1.165, 1.54) is 0 Å². The van der Waals surface area contributed by atoms with E-state index in [1.807, 2.05) is 42.9 Å². The molecule has 0 spiro atoms. The third kappa shape index (κ3) is 2.04. The summed E-state index contributed by atoms with van der Waals surface area (Å²) in [6.07, 6.45) is 3.67. The molecular formula is C17H16BrN5O. The molecule has 0 unspecified atom stereocenters. The van der Waals surface area contributed by atoms with E-state index < -0.39 is 0 Å². The number of nitrogens with zero attached hydrogens (tertiary/aromatic N) is 5. The van der Waals surface area contributed by atoms with E-state index in [9.17, 15) is 4.79 Å². The number of hydrogen-bond acceptors (Lipinski definition) is 3. The number of pyridine rings is 1. The number of rotatable bonds is 2. The van der Waals surface area contributed by atoms with Crippen LogP contribution in [0.3, 0.4) is 0 Å². The highest BCUT2D eigenvalue weighted by Crippen LogP contribution is 2.28. The van der Waals surface area contributed by atoms with Crippen molar-refractivity contribution in [1.29, 1.82) is 0 Å². The quantitative estimate of drug-likeness (QED) is 0.532. The van der Waals surface area contributed by atoms with E-state index in [2.05, 4.69) is 26.0 Å². The van der Waals surface area contributed by atoms with Crippen LogP contribution in [0.4, 0.5) is 0 Å². The van der Waals surface area contributed by atoms with Crippen LogP contribution in [0.2, 0.25) is 0 Å². The molecule has 0 bridgehead atoms. The van der Waals surface area contributed by atoms with Crippen LogP contribution in [0.25, 0.3) is 27.6 Å². The predicted molar refractivity (Wildman–Crippen MR) is 97.7 cm³/mol. The van der Waals surface area contributed by atoms with Gasteiger partial charge in [-0.3, -0.25) is 18.8 Å². The molecule has 0 radical (unpaired) electrons. The average molecular weight is 386 g/mol. The maximum absolute atomic E-state index is 12.9. The summed E-state index contributed by atoms with van der Waals surface area (Å²) in [5.41, 5.74) is 4.04. The summed E-state index contributed by atoms with van der Waals surface area (Å²) in [6.45, 7) is 4.71. The first-order chi connectivity index (χ1) is 11.5. The zero-order valence-electron chi connectivity index (χ0n) is 13.6. The van der Waals surface area contributed by atoms with Crippen LogP contribution >= 0.6 is 15.9 Å². The number of aryl methyl sites for hydroxylation is 3. The van der Waals surface area contributed by atoms with Gasteiger partial charge in [-0.05, 0) is 32.0 Å². The van der Waals surface area contributed by atoms with Gasteiger partial charge in [-0.1, -0.05) is 15.9 Å². The van der Waals surface area contributed by atoms with Gasteiger partial charge in [0.25, 0.3) is 0 Å². The molecule has 3 aromatic heterocycles. The van der Waals surface area contributed by atoms with Crippen LogP contribution in [0.1, 0.15) is 12.6 Å². The molecule has 1 aromatic carbocycles. The lowest BCUT2D eigenvalue weighted by Crippen LogP contribution is -2.21. The number of aromatic nitrogens is 5. The molecule has 0 N–H and O–H groups in total. The number of benzene rings is 1. The molecule has 4 rings (SSSR count). The Balaban J connectivity index is 2.22. The van der Waals surface area contributed by atoms with E-state index in [-0.39, 0.29) is 5.69 Å². The third-order valence-corrected chi connectivity index (χ3v) is 4.82. The van der Waals surface area contributed by atoms with Crippen molar-refractivity contribution in [3.05, 3.63) is 51.2 Å². The summed E-state index contributed by atoms with van der Waals surface area (Å²) < 4.78 is 6.16. The fraction of sp³-hybridized carbons (Fsp3) is 0.235. The van der Waals surface area contributed by atoms with Gasteiger partial charge >= 0.3 is 5.69 Å². The first kappa shape index (κ1) is 15.1. The number of halogens is 1. The molecule has 4 aromatic rings. The molecular weight excluding hydrogens is 370 g/mol. The number of fused-ring (bicyclic) bond motifs is 3. The monoisotopic (exact) mass is 385 g/mol. The largest absolute Gasteiger partial charge is 0.333 e. The van der Waals surface area contributed by atoms with Gasteiger partial charge in [0.05, 0.1) is 34.1 Å². The van der Waals surface area contributed by atoms with Crippen LogP contribution in [-0.2, 0) is 13.6 Å². The molecule has 0 atom stereocenters. The summed E-state index contributed by atoms with van der Waals surface area (Å²) in [6, 6.07) is 5.90. The lowest BCUT2D eigenvalue weighted by atomic mass is 10.2. The van der Waals surface area contributed by atoms with Crippen molar-refractivity contribution in [3.63, 3.8) is 0 Å². The number of imidazole rings is 1. The van der Waals surface area contributed by atoms with Gasteiger partial charge in [0.15, 0.2) is 0 Å². The van der Waals surface area contributed by atoms with Crippen LogP contribution < -0.4 is 5.69 Å². The Hall–Kier alpha value is -2.41. The Morgan fingerprint density at radius 3 is 2.79 bits per heavy atom. The van der Waals surface area contributed by atoms with Crippen LogP contribution in [0, 0.1) is 6.92 Å². The molecule has 0 saturated carbocycles. The highest BCUT2D eigenvalue weighted by Gasteiger charge is 2.19. The van der Waals surface area contributed by atoms with Crippen molar-refractivity contribution < 1.29 is 0 Å². The highest BCUT2D eigenvalue weighted by atomic mass is 79.9. The van der Waals surface area contributed by atoms with Crippen molar-refractivity contribution in [2.45, 2.75) is 20.4 Å². The molecule has 24 heavy (non-hydrogen) atoms. The molecule has 0 fully saturated rings. The molecule has 7 heteroatoms. The summed E-state index contributed by atoms with van der Waals surface area (Å²) in [5, 5.41) is 5.42. The first-order valence-corrected chi connectivity index (χ1v) is 8.50. The minimum Gasteiger partial charge on any atom is -0.293 e. The normalized spacial score (nSPS) is 11.7. The van der Waals surface area contributed by atoms with Gasteiger partial charge in [0.1, 0.15) is 0 Å². The third-order valence-electron chi connectivity index (χ3n) is 4.33. The molecule has 122 valence electrons. The maximum atomic E-state index is 12.9. The topological polar surface area (TPSA) is 57.6 Å². The van der Waals surface area contributed by atoms with Gasteiger partial charge in [-0.2, -0.15) is 5.10 Å². The van der Waals surface area contributed by atoms with E-state index in [0.717, 1.165) is 44.3 Å². The van der Waals surface area contributed by atoms with Crippen molar-refractivity contribution in [2.75, 3.05) is 0 Å².